The van der Waals surface area contributed by atoms with Crippen LogP contribution in [0.15, 0.2) is 36.4 Å². The lowest BCUT2D eigenvalue weighted by molar-refractivity contribution is -0.130. The SMILES string of the molecule is Cc1cc(N2CCN(C(=O)CNC(=O)c3ccccc3)CC2)nc(N2CCCC2)n1. The predicted molar refractivity (Wildman–Crippen MR) is 116 cm³/mol. The van der Waals surface area contributed by atoms with E-state index < -0.39 is 0 Å². The number of aryl methyl sites for hydroxylation is 1. The molecule has 3 heterocycles. The molecule has 1 aromatic heterocycles. The summed E-state index contributed by atoms with van der Waals surface area (Å²) in [7, 11) is 0. The van der Waals surface area contributed by atoms with Gasteiger partial charge in [0.2, 0.25) is 11.9 Å². The van der Waals surface area contributed by atoms with Crippen LogP contribution in [-0.2, 0) is 4.79 Å². The van der Waals surface area contributed by atoms with Crippen molar-refractivity contribution >= 4 is 23.6 Å². The predicted octanol–water partition coefficient (Wildman–Crippen LogP) is 1.46. The van der Waals surface area contributed by atoms with Crippen molar-refractivity contribution in [3.05, 3.63) is 47.7 Å². The zero-order chi connectivity index (χ0) is 20.9. The molecule has 0 radical (unpaired) electrons. The minimum atomic E-state index is -0.228. The fourth-order valence-electron chi connectivity index (χ4n) is 3.90. The molecule has 2 saturated heterocycles. The first-order chi connectivity index (χ1) is 14.6. The van der Waals surface area contributed by atoms with Crippen LogP contribution in [0.2, 0.25) is 0 Å². The maximum atomic E-state index is 12.5. The van der Waals surface area contributed by atoms with E-state index in [4.69, 9.17) is 4.98 Å². The van der Waals surface area contributed by atoms with Crippen LogP contribution in [0, 0.1) is 6.92 Å². The van der Waals surface area contributed by atoms with Gasteiger partial charge in [0.1, 0.15) is 5.82 Å². The summed E-state index contributed by atoms with van der Waals surface area (Å²) in [6.07, 6.45) is 2.38. The second-order valence-corrected chi connectivity index (χ2v) is 7.78. The molecule has 2 aliphatic rings. The van der Waals surface area contributed by atoms with E-state index >= 15 is 0 Å². The molecule has 0 bridgehead atoms. The summed E-state index contributed by atoms with van der Waals surface area (Å²) >= 11 is 0. The highest BCUT2D eigenvalue weighted by Crippen LogP contribution is 2.21. The number of nitrogens with one attached hydrogen (secondary N) is 1. The third kappa shape index (κ3) is 4.69. The Morgan fingerprint density at radius 1 is 0.933 bits per heavy atom. The molecule has 0 spiro atoms. The van der Waals surface area contributed by atoms with Crippen LogP contribution in [0.1, 0.15) is 28.9 Å². The van der Waals surface area contributed by atoms with Crippen molar-refractivity contribution in [2.45, 2.75) is 19.8 Å². The molecule has 0 atom stereocenters. The van der Waals surface area contributed by atoms with Crippen molar-refractivity contribution in [1.82, 2.24) is 20.2 Å². The number of carbonyl (C=O) groups is 2. The van der Waals surface area contributed by atoms with Gasteiger partial charge >= 0.3 is 0 Å². The van der Waals surface area contributed by atoms with Crippen LogP contribution in [0.3, 0.4) is 0 Å². The minimum Gasteiger partial charge on any atom is -0.353 e. The van der Waals surface area contributed by atoms with E-state index in [0.717, 1.165) is 30.5 Å². The summed E-state index contributed by atoms with van der Waals surface area (Å²) in [6, 6.07) is 10.9. The lowest BCUT2D eigenvalue weighted by atomic mass is 10.2. The molecule has 158 valence electrons. The van der Waals surface area contributed by atoms with Crippen molar-refractivity contribution in [2.24, 2.45) is 0 Å². The molecular formula is C22H28N6O2. The number of carbonyl (C=O) groups excluding carboxylic acids is 2. The zero-order valence-electron chi connectivity index (χ0n) is 17.4. The molecule has 2 fully saturated rings. The molecule has 1 aromatic carbocycles. The van der Waals surface area contributed by atoms with Gasteiger partial charge in [-0.05, 0) is 31.9 Å². The number of rotatable bonds is 5. The summed E-state index contributed by atoms with van der Waals surface area (Å²) in [5.41, 5.74) is 1.52. The topological polar surface area (TPSA) is 81.7 Å². The van der Waals surface area contributed by atoms with Gasteiger partial charge in [0.05, 0.1) is 6.54 Å². The number of benzene rings is 1. The van der Waals surface area contributed by atoms with Crippen molar-refractivity contribution in [1.29, 1.82) is 0 Å². The van der Waals surface area contributed by atoms with E-state index in [1.165, 1.54) is 12.8 Å². The van der Waals surface area contributed by atoms with Crippen LogP contribution in [0.25, 0.3) is 0 Å². The Kier molecular flexibility index (Phi) is 6.11. The van der Waals surface area contributed by atoms with Gasteiger partial charge in [0.15, 0.2) is 0 Å². The second kappa shape index (κ2) is 9.11. The fourth-order valence-corrected chi connectivity index (χ4v) is 3.90. The number of anilines is 2. The number of hydrogen-bond donors (Lipinski definition) is 1. The van der Waals surface area contributed by atoms with Crippen molar-refractivity contribution in [3.63, 3.8) is 0 Å². The molecule has 1 N–H and O–H groups in total. The van der Waals surface area contributed by atoms with Crippen molar-refractivity contribution in [3.8, 4) is 0 Å². The summed E-state index contributed by atoms with van der Waals surface area (Å²) in [4.78, 5) is 40.3. The summed E-state index contributed by atoms with van der Waals surface area (Å²) in [5, 5.41) is 2.72. The maximum Gasteiger partial charge on any atom is 0.251 e. The first-order valence-corrected chi connectivity index (χ1v) is 10.6. The summed E-state index contributed by atoms with van der Waals surface area (Å²) < 4.78 is 0. The number of piperazine rings is 1. The maximum absolute atomic E-state index is 12.5. The van der Waals surface area contributed by atoms with E-state index in [1.807, 2.05) is 19.1 Å². The second-order valence-electron chi connectivity index (χ2n) is 7.78. The molecule has 0 unspecified atom stereocenters. The van der Waals surface area contributed by atoms with Gasteiger partial charge in [-0.2, -0.15) is 4.98 Å². The van der Waals surface area contributed by atoms with E-state index in [0.29, 0.717) is 31.7 Å². The van der Waals surface area contributed by atoms with Crippen molar-refractivity contribution < 1.29 is 9.59 Å². The Labute approximate surface area is 176 Å². The zero-order valence-corrected chi connectivity index (χ0v) is 17.4. The first kappa shape index (κ1) is 20.1. The third-order valence-corrected chi connectivity index (χ3v) is 5.61. The van der Waals surface area contributed by atoms with Crippen LogP contribution >= 0.6 is 0 Å². The van der Waals surface area contributed by atoms with Crippen molar-refractivity contribution in [2.75, 3.05) is 55.6 Å². The third-order valence-electron chi connectivity index (χ3n) is 5.61. The Morgan fingerprint density at radius 3 is 2.33 bits per heavy atom. The van der Waals surface area contributed by atoms with E-state index in [9.17, 15) is 9.59 Å². The molecule has 8 heteroatoms. The average Bonchev–Trinajstić information content (AvgIpc) is 3.33. The standard InChI is InChI=1S/C22H28N6O2/c1-17-15-19(25-22(24-17)28-9-5-6-10-28)26-11-13-27(14-12-26)20(29)16-23-21(30)18-7-3-2-4-8-18/h2-4,7-8,15H,5-6,9-14,16H2,1H3,(H,23,30). The van der Waals surface area contributed by atoms with Crippen LogP contribution < -0.4 is 15.1 Å². The summed E-state index contributed by atoms with van der Waals surface area (Å²) in [5.74, 6) is 1.45. The molecule has 0 aliphatic carbocycles. The van der Waals surface area contributed by atoms with Crippen LogP contribution in [0.5, 0.6) is 0 Å². The van der Waals surface area contributed by atoms with Gasteiger partial charge in [-0.15, -0.1) is 0 Å². The minimum absolute atomic E-state index is 0.0133. The number of amides is 2. The highest BCUT2D eigenvalue weighted by molar-refractivity contribution is 5.96. The number of nitrogens with zero attached hydrogens (tertiary/aromatic N) is 5. The number of aromatic nitrogens is 2. The molecule has 2 aliphatic heterocycles. The van der Waals surface area contributed by atoms with E-state index in [1.54, 1.807) is 29.2 Å². The summed E-state index contributed by atoms with van der Waals surface area (Å²) in [6.45, 7) is 6.70. The fraction of sp³-hybridized carbons (Fsp3) is 0.455. The van der Waals surface area contributed by atoms with Gasteiger partial charge in [0.25, 0.3) is 5.91 Å². The molecule has 30 heavy (non-hydrogen) atoms. The molecule has 2 amide bonds. The van der Waals surface area contributed by atoms with Gasteiger partial charge in [-0.25, -0.2) is 4.98 Å². The molecule has 2 aromatic rings. The Balaban J connectivity index is 1.30. The largest absolute Gasteiger partial charge is 0.353 e. The van der Waals surface area contributed by atoms with Gasteiger partial charge in [0, 0.05) is 56.6 Å². The van der Waals surface area contributed by atoms with Gasteiger partial charge in [-0.3, -0.25) is 9.59 Å². The van der Waals surface area contributed by atoms with Gasteiger partial charge in [-0.1, -0.05) is 18.2 Å². The lowest BCUT2D eigenvalue weighted by Gasteiger charge is -2.35. The van der Waals surface area contributed by atoms with E-state index in [-0.39, 0.29) is 18.4 Å². The quantitative estimate of drug-likeness (QED) is 0.807. The monoisotopic (exact) mass is 408 g/mol. The van der Waals surface area contributed by atoms with Crippen LogP contribution in [0.4, 0.5) is 11.8 Å². The Morgan fingerprint density at radius 2 is 1.63 bits per heavy atom. The van der Waals surface area contributed by atoms with E-state index in [2.05, 4.69) is 20.1 Å². The highest BCUT2D eigenvalue weighted by Gasteiger charge is 2.24. The van der Waals surface area contributed by atoms with Gasteiger partial charge < -0.3 is 20.0 Å². The average molecular weight is 409 g/mol. The molecule has 8 nitrogen and oxygen atoms in total. The Hall–Kier alpha value is -3.16. The smallest absolute Gasteiger partial charge is 0.251 e. The molecule has 4 rings (SSSR count). The first-order valence-electron chi connectivity index (χ1n) is 10.6. The van der Waals surface area contributed by atoms with Crippen LogP contribution in [-0.4, -0.2) is 72.5 Å². The Bertz CT molecular complexity index is 890. The highest BCUT2D eigenvalue weighted by atomic mass is 16.2. The molecule has 0 saturated carbocycles. The number of hydrogen-bond acceptors (Lipinski definition) is 6. The normalized spacial score (nSPS) is 16.6. The lowest BCUT2D eigenvalue weighted by Crippen LogP contribution is -2.51. The molecular weight excluding hydrogens is 380 g/mol.